The molecule has 0 saturated carbocycles. The smallest absolute Gasteiger partial charge is 0.211 e. The number of aryl methyl sites for hydroxylation is 2. The third kappa shape index (κ3) is 3.32. The molecule has 0 radical (unpaired) electrons. The van der Waals surface area contributed by atoms with E-state index in [4.69, 9.17) is 0 Å². The van der Waals surface area contributed by atoms with Crippen LogP contribution in [0.25, 0.3) is 0 Å². The van der Waals surface area contributed by atoms with Gasteiger partial charge in [-0.15, -0.1) is 0 Å². The largest absolute Gasteiger partial charge is 0.272 e. The van der Waals surface area contributed by atoms with Crippen molar-refractivity contribution in [3.8, 4) is 0 Å². The summed E-state index contributed by atoms with van der Waals surface area (Å²) in [5, 5.41) is 4.24. The summed E-state index contributed by atoms with van der Waals surface area (Å²) in [6.07, 6.45) is 1.87. The Kier molecular flexibility index (Phi) is 3.87. The minimum absolute atomic E-state index is 0.105. The van der Waals surface area contributed by atoms with E-state index in [0.29, 0.717) is 6.54 Å². The van der Waals surface area contributed by atoms with Gasteiger partial charge in [0.15, 0.2) is 0 Å². The van der Waals surface area contributed by atoms with Gasteiger partial charge in [0, 0.05) is 24.8 Å². The van der Waals surface area contributed by atoms with Crippen molar-refractivity contribution in [3.63, 3.8) is 0 Å². The van der Waals surface area contributed by atoms with Gasteiger partial charge < -0.3 is 0 Å². The molecule has 0 atom stereocenters. The van der Waals surface area contributed by atoms with Crippen LogP contribution in [-0.4, -0.2) is 24.0 Å². The highest BCUT2D eigenvalue weighted by atomic mass is 32.2. The van der Waals surface area contributed by atoms with Gasteiger partial charge in [-0.25, -0.2) is 13.1 Å². The molecule has 0 aliphatic carbocycles. The molecule has 0 amide bonds. The Hall–Kier alpha value is -0.880. The lowest BCUT2D eigenvalue weighted by Crippen LogP contribution is -2.24. The predicted octanol–water partition coefficient (Wildman–Crippen LogP) is 0.651. The van der Waals surface area contributed by atoms with Crippen molar-refractivity contribution in [3.05, 3.63) is 17.5 Å². The molecule has 0 unspecified atom stereocenters. The molecule has 5 nitrogen and oxygen atoms in total. The van der Waals surface area contributed by atoms with Gasteiger partial charge in [0.05, 0.1) is 11.4 Å². The highest BCUT2D eigenvalue weighted by Gasteiger charge is 2.09. The zero-order valence-corrected chi connectivity index (χ0v) is 10.1. The second kappa shape index (κ2) is 4.76. The van der Waals surface area contributed by atoms with E-state index in [2.05, 4.69) is 9.82 Å². The highest BCUT2D eigenvalue weighted by molar-refractivity contribution is 7.89. The molecule has 0 aliphatic rings. The Labute approximate surface area is 90.5 Å². The Morgan fingerprint density at radius 3 is 2.60 bits per heavy atom. The lowest BCUT2D eigenvalue weighted by Gasteiger charge is -2.02. The number of rotatable bonds is 5. The Morgan fingerprint density at radius 2 is 2.13 bits per heavy atom. The van der Waals surface area contributed by atoms with E-state index in [0.717, 1.165) is 17.8 Å². The number of nitrogens with zero attached hydrogens (tertiary/aromatic N) is 2. The number of hydrogen-bond acceptors (Lipinski definition) is 3. The Bertz CT molecular complexity index is 423. The van der Waals surface area contributed by atoms with E-state index in [1.165, 1.54) is 0 Å². The third-order valence-corrected chi connectivity index (χ3v) is 3.58. The molecule has 0 fully saturated rings. The summed E-state index contributed by atoms with van der Waals surface area (Å²) in [7, 11) is -3.12. The molecule has 0 aliphatic heterocycles. The van der Waals surface area contributed by atoms with E-state index in [1.54, 1.807) is 11.6 Å². The second-order valence-electron chi connectivity index (χ2n) is 3.32. The van der Waals surface area contributed by atoms with Crippen LogP contribution in [0.3, 0.4) is 0 Å². The van der Waals surface area contributed by atoms with Crippen molar-refractivity contribution in [1.82, 2.24) is 14.5 Å². The average Bonchev–Trinajstić information content (AvgIpc) is 2.57. The van der Waals surface area contributed by atoms with Crippen molar-refractivity contribution in [2.75, 3.05) is 5.75 Å². The van der Waals surface area contributed by atoms with Crippen molar-refractivity contribution >= 4 is 10.0 Å². The molecular formula is C9H17N3O2S. The normalized spacial score (nSPS) is 11.9. The molecule has 1 N–H and O–H groups in total. The standard InChI is InChI=1S/C9H17N3O2S/c1-4-12-7-9(8(3)11-12)6-10-15(13,14)5-2/h7,10H,4-6H2,1-3H3. The molecule has 15 heavy (non-hydrogen) atoms. The number of nitrogens with one attached hydrogen (secondary N) is 1. The molecule has 1 aromatic rings. The highest BCUT2D eigenvalue weighted by Crippen LogP contribution is 2.05. The number of hydrogen-bond donors (Lipinski definition) is 1. The molecule has 86 valence electrons. The molecule has 1 aromatic heterocycles. The van der Waals surface area contributed by atoms with Crippen LogP contribution >= 0.6 is 0 Å². The van der Waals surface area contributed by atoms with E-state index in [-0.39, 0.29) is 5.75 Å². The van der Waals surface area contributed by atoms with Crippen LogP contribution < -0.4 is 4.72 Å². The molecule has 6 heteroatoms. The Balaban J connectivity index is 2.69. The monoisotopic (exact) mass is 231 g/mol. The molecule has 0 aromatic carbocycles. The van der Waals surface area contributed by atoms with Crippen molar-refractivity contribution in [2.45, 2.75) is 33.9 Å². The summed E-state index contributed by atoms with van der Waals surface area (Å²) in [5.74, 6) is 0.105. The number of sulfonamides is 1. The van der Waals surface area contributed by atoms with Crippen LogP contribution in [-0.2, 0) is 23.1 Å². The minimum atomic E-state index is -3.12. The van der Waals surface area contributed by atoms with Crippen molar-refractivity contribution in [2.24, 2.45) is 0 Å². The van der Waals surface area contributed by atoms with Gasteiger partial charge in [0.2, 0.25) is 10.0 Å². The van der Waals surface area contributed by atoms with Gasteiger partial charge in [-0.2, -0.15) is 5.10 Å². The zero-order valence-electron chi connectivity index (χ0n) is 9.32. The van der Waals surface area contributed by atoms with Gasteiger partial charge in [0.1, 0.15) is 0 Å². The maximum Gasteiger partial charge on any atom is 0.211 e. The average molecular weight is 231 g/mol. The molecular weight excluding hydrogens is 214 g/mol. The SMILES string of the molecule is CCn1cc(CNS(=O)(=O)CC)c(C)n1. The minimum Gasteiger partial charge on any atom is -0.272 e. The number of aromatic nitrogens is 2. The zero-order chi connectivity index (χ0) is 11.5. The topological polar surface area (TPSA) is 64.0 Å². The van der Waals surface area contributed by atoms with Gasteiger partial charge >= 0.3 is 0 Å². The van der Waals surface area contributed by atoms with Crippen molar-refractivity contribution < 1.29 is 8.42 Å². The van der Waals surface area contributed by atoms with Gasteiger partial charge in [-0.1, -0.05) is 0 Å². The van der Waals surface area contributed by atoms with Crippen LogP contribution in [0.1, 0.15) is 25.1 Å². The van der Waals surface area contributed by atoms with Crippen molar-refractivity contribution in [1.29, 1.82) is 0 Å². The fraction of sp³-hybridized carbons (Fsp3) is 0.667. The first-order valence-corrected chi connectivity index (χ1v) is 6.64. The van der Waals surface area contributed by atoms with Gasteiger partial charge in [0.25, 0.3) is 0 Å². The molecule has 0 spiro atoms. The van der Waals surface area contributed by atoms with Crippen LogP contribution in [0.2, 0.25) is 0 Å². The summed E-state index contributed by atoms with van der Waals surface area (Å²) in [6, 6.07) is 0. The maximum atomic E-state index is 11.2. The fourth-order valence-electron chi connectivity index (χ4n) is 1.18. The summed E-state index contributed by atoms with van der Waals surface area (Å²) >= 11 is 0. The molecule has 0 bridgehead atoms. The first kappa shape index (κ1) is 12.2. The fourth-order valence-corrected chi connectivity index (χ4v) is 1.76. The first-order valence-electron chi connectivity index (χ1n) is 4.98. The quantitative estimate of drug-likeness (QED) is 0.809. The molecule has 1 heterocycles. The van der Waals surface area contributed by atoms with Gasteiger partial charge in [-0.05, 0) is 20.8 Å². The van der Waals surface area contributed by atoms with Gasteiger partial charge in [-0.3, -0.25) is 4.68 Å². The van der Waals surface area contributed by atoms with Crippen LogP contribution in [0.5, 0.6) is 0 Å². The van der Waals surface area contributed by atoms with E-state index in [1.807, 2.05) is 20.0 Å². The summed E-state index contributed by atoms with van der Waals surface area (Å²) < 4.78 is 26.8. The summed E-state index contributed by atoms with van der Waals surface area (Å²) in [4.78, 5) is 0. The Morgan fingerprint density at radius 1 is 1.47 bits per heavy atom. The van der Waals surface area contributed by atoms with Crippen LogP contribution in [0, 0.1) is 6.92 Å². The maximum absolute atomic E-state index is 11.2. The van der Waals surface area contributed by atoms with E-state index < -0.39 is 10.0 Å². The predicted molar refractivity (Wildman–Crippen MR) is 58.9 cm³/mol. The third-order valence-electron chi connectivity index (χ3n) is 2.23. The lowest BCUT2D eigenvalue weighted by molar-refractivity contribution is 0.582. The van der Waals surface area contributed by atoms with Crippen LogP contribution in [0.15, 0.2) is 6.20 Å². The summed E-state index contributed by atoms with van der Waals surface area (Å²) in [6.45, 7) is 6.60. The van der Waals surface area contributed by atoms with E-state index in [9.17, 15) is 8.42 Å². The van der Waals surface area contributed by atoms with Crippen LogP contribution in [0.4, 0.5) is 0 Å². The molecule has 1 rings (SSSR count). The first-order chi connectivity index (χ1) is 6.98. The molecule has 0 saturated heterocycles. The summed E-state index contributed by atoms with van der Waals surface area (Å²) in [5.41, 5.74) is 1.80. The van der Waals surface area contributed by atoms with E-state index >= 15 is 0 Å². The second-order valence-corrected chi connectivity index (χ2v) is 5.42. The lowest BCUT2D eigenvalue weighted by atomic mass is 10.3.